The smallest absolute Gasteiger partial charge is 0.255 e. The summed E-state index contributed by atoms with van der Waals surface area (Å²) in [6, 6.07) is 3.78. The topological polar surface area (TPSA) is 69.6 Å². The molecule has 0 aromatic heterocycles. The number of carbonyl (C=O) groups is 1. The number of amides is 1. The molecule has 0 aliphatic rings. The summed E-state index contributed by atoms with van der Waals surface area (Å²) in [7, 11) is 0. The first-order valence-electron chi connectivity index (χ1n) is 4.98. The maximum absolute atomic E-state index is 11.6. The van der Waals surface area contributed by atoms with Crippen LogP contribution in [-0.2, 0) is 0 Å². The van der Waals surface area contributed by atoms with Crippen molar-refractivity contribution < 1.29 is 15.0 Å². The lowest BCUT2D eigenvalue weighted by Gasteiger charge is -2.09. The first-order chi connectivity index (χ1) is 7.54. The minimum absolute atomic E-state index is 0.0416. The van der Waals surface area contributed by atoms with Crippen LogP contribution in [0, 0.1) is 0 Å². The predicted octanol–water partition coefficient (Wildman–Crippen LogP) is 1.85. The molecule has 1 aromatic carbocycles. The number of halogens is 1. The summed E-state index contributed by atoms with van der Waals surface area (Å²) in [6.07, 6.45) is 0.744. The summed E-state index contributed by atoms with van der Waals surface area (Å²) in [4.78, 5) is 11.6. The summed E-state index contributed by atoms with van der Waals surface area (Å²) in [5, 5.41) is 21.1. The number of hydrogen-bond acceptors (Lipinski definition) is 3. The number of nitrogens with one attached hydrogen (secondary N) is 1. The summed E-state index contributed by atoms with van der Waals surface area (Å²) in [6.45, 7) is 2.24. The van der Waals surface area contributed by atoms with Gasteiger partial charge in [-0.3, -0.25) is 4.79 Å². The van der Waals surface area contributed by atoms with Crippen molar-refractivity contribution in [3.05, 3.63) is 23.8 Å². The Balaban J connectivity index is 2.69. The molecule has 4 nitrogen and oxygen atoms in total. The standard InChI is InChI=1S/C11H14ClNO3/c1-2-7(12)6-13-11(16)9-5-8(14)3-4-10(9)15/h3-5,7,14-15H,2,6H2,1H3,(H,13,16). The van der Waals surface area contributed by atoms with Gasteiger partial charge in [0.05, 0.1) is 10.9 Å². The highest BCUT2D eigenvalue weighted by molar-refractivity contribution is 6.20. The van der Waals surface area contributed by atoms with Gasteiger partial charge in [0.2, 0.25) is 0 Å². The second-order valence-corrected chi connectivity index (χ2v) is 4.03. The van der Waals surface area contributed by atoms with Crippen molar-refractivity contribution >= 4 is 17.5 Å². The molecule has 88 valence electrons. The van der Waals surface area contributed by atoms with Gasteiger partial charge in [-0.25, -0.2) is 0 Å². The van der Waals surface area contributed by atoms with Crippen molar-refractivity contribution in [3.63, 3.8) is 0 Å². The van der Waals surface area contributed by atoms with Gasteiger partial charge in [0.1, 0.15) is 11.5 Å². The number of hydrogen-bond donors (Lipinski definition) is 3. The lowest BCUT2D eigenvalue weighted by atomic mass is 10.1. The molecule has 0 spiro atoms. The Bertz CT molecular complexity index is 381. The quantitative estimate of drug-likeness (QED) is 0.558. The molecule has 1 unspecified atom stereocenters. The normalized spacial score (nSPS) is 12.1. The first-order valence-corrected chi connectivity index (χ1v) is 5.42. The van der Waals surface area contributed by atoms with Crippen LogP contribution in [0.4, 0.5) is 0 Å². The minimum Gasteiger partial charge on any atom is -0.508 e. The minimum atomic E-state index is -0.451. The summed E-state index contributed by atoms with van der Waals surface area (Å²) < 4.78 is 0. The summed E-state index contributed by atoms with van der Waals surface area (Å²) in [5.41, 5.74) is 0.0416. The Labute approximate surface area is 98.9 Å². The molecule has 0 aliphatic carbocycles. The molecule has 3 N–H and O–H groups in total. The summed E-state index contributed by atoms with van der Waals surface area (Å²) >= 11 is 5.84. The Morgan fingerprint density at radius 1 is 1.50 bits per heavy atom. The molecule has 0 heterocycles. The van der Waals surface area contributed by atoms with Crippen molar-refractivity contribution in [2.24, 2.45) is 0 Å². The van der Waals surface area contributed by atoms with E-state index < -0.39 is 5.91 Å². The average Bonchev–Trinajstić information content (AvgIpc) is 2.28. The van der Waals surface area contributed by atoms with E-state index in [1.165, 1.54) is 18.2 Å². The van der Waals surface area contributed by atoms with Crippen LogP contribution in [0.2, 0.25) is 0 Å². The Kier molecular flexibility index (Phi) is 4.43. The molecule has 0 aliphatic heterocycles. The fourth-order valence-electron chi connectivity index (χ4n) is 1.15. The van der Waals surface area contributed by atoms with Gasteiger partial charge in [-0.15, -0.1) is 11.6 Å². The lowest BCUT2D eigenvalue weighted by molar-refractivity contribution is 0.0950. The Hall–Kier alpha value is -1.42. The van der Waals surface area contributed by atoms with Crippen LogP contribution < -0.4 is 5.32 Å². The third-order valence-corrected chi connectivity index (χ3v) is 2.61. The van der Waals surface area contributed by atoms with Crippen molar-refractivity contribution in [3.8, 4) is 11.5 Å². The molecule has 0 radical (unpaired) electrons. The molecule has 1 aromatic rings. The third kappa shape index (κ3) is 3.31. The zero-order valence-corrected chi connectivity index (χ0v) is 9.66. The van der Waals surface area contributed by atoms with Gasteiger partial charge in [-0.2, -0.15) is 0 Å². The highest BCUT2D eigenvalue weighted by atomic mass is 35.5. The van der Waals surface area contributed by atoms with E-state index in [2.05, 4.69) is 5.32 Å². The highest BCUT2D eigenvalue weighted by Crippen LogP contribution is 2.21. The number of carbonyl (C=O) groups excluding carboxylic acids is 1. The van der Waals surface area contributed by atoms with Crippen LogP contribution in [0.5, 0.6) is 11.5 Å². The van der Waals surface area contributed by atoms with E-state index >= 15 is 0 Å². The van der Waals surface area contributed by atoms with Gasteiger partial charge in [-0.05, 0) is 24.6 Å². The van der Waals surface area contributed by atoms with Gasteiger partial charge in [0.25, 0.3) is 5.91 Å². The monoisotopic (exact) mass is 243 g/mol. The number of aromatic hydroxyl groups is 2. The van der Waals surface area contributed by atoms with Crippen molar-refractivity contribution in [1.82, 2.24) is 5.32 Å². The first kappa shape index (κ1) is 12.6. The van der Waals surface area contributed by atoms with Crippen LogP contribution in [0.15, 0.2) is 18.2 Å². The van der Waals surface area contributed by atoms with Crippen molar-refractivity contribution in [2.75, 3.05) is 6.54 Å². The van der Waals surface area contributed by atoms with Crippen LogP contribution >= 0.6 is 11.6 Å². The molecule has 1 amide bonds. The van der Waals surface area contributed by atoms with E-state index in [-0.39, 0.29) is 22.4 Å². The molecule has 16 heavy (non-hydrogen) atoms. The second kappa shape index (κ2) is 5.61. The van der Waals surface area contributed by atoms with Crippen LogP contribution in [0.25, 0.3) is 0 Å². The molecule has 5 heteroatoms. The van der Waals surface area contributed by atoms with Crippen LogP contribution in [-0.4, -0.2) is 28.0 Å². The second-order valence-electron chi connectivity index (χ2n) is 3.42. The van der Waals surface area contributed by atoms with E-state index in [0.29, 0.717) is 6.54 Å². The van der Waals surface area contributed by atoms with Gasteiger partial charge in [0.15, 0.2) is 0 Å². The fraction of sp³-hybridized carbons (Fsp3) is 0.364. The van der Waals surface area contributed by atoms with Crippen molar-refractivity contribution in [1.29, 1.82) is 0 Å². The maximum atomic E-state index is 11.6. The number of rotatable bonds is 4. The molecule has 0 bridgehead atoms. The van der Waals surface area contributed by atoms with E-state index in [9.17, 15) is 15.0 Å². The fourth-order valence-corrected chi connectivity index (χ4v) is 1.23. The molecule has 0 saturated carbocycles. The molecule has 0 fully saturated rings. The van der Waals surface area contributed by atoms with Crippen LogP contribution in [0.1, 0.15) is 23.7 Å². The molecular formula is C11H14ClNO3. The largest absolute Gasteiger partial charge is 0.508 e. The van der Waals surface area contributed by atoms with E-state index in [0.717, 1.165) is 6.42 Å². The molecule has 1 atom stereocenters. The van der Waals surface area contributed by atoms with E-state index in [1.807, 2.05) is 6.92 Å². The SMILES string of the molecule is CCC(Cl)CNC(=O)c1cc(O)ccc1O. The van der Waals surface area contributed by atoms with Crippen molar-refractivity contribution in [2.45, 2.75) is 18.7 Å². The molecular weight excluding hydrogens is 230 g/mol. The summed E-state index contributed by atoms with van der Waals surface area (Å²) in [5.74, 6) is -0.689. The number of phenols is 2. The van der Waals surface area contributed by atoms with E-state index in [1.54, 1.807) is 0 Å². The molecule has 0 saturated heterocycles. The van der Waals surface area contributed by atoms with Gasteiger partial charge in [0, 0.05) is 6.54 Å². The van der Waals surface area contributed by atoms with Gasteiger partial charge < -0.3 is 15.5 Å². The average molecular weight is 244 g/mol. The Morgan fingerprint density at radius 2 is 2.19 bits per heavy atom. The number of phenolic OH excluding ortho intramolecular Hbond substituents is 2. The zero-order valence-electron chi connectivity index (χ0n) is 8.90. The number of alkyl halides is 1. The lowest BCUT2D eigenvalue weighted by Crippen LogP contribution is -2.29. The van der Waals surface area contributed by atoms with Gasteiger partial charge in [-0.1, -0.05) is 6.92 Å². The third-order valence-electron chi connectivity index (χ3n) is 2.15. The van der Waals surface area contributed by atoms with Crippen LogP contribution in [0.3, 0.4) is 0 Å². The highest BCUT2D eigenvalue weighted by Gasteiger charge is 2.12. The van der Waals surface area contributed by atoms with E-state index in [4.69, 9.17) is 11.6 Å². The Morgan fingerprint density at radius 3 is 2.81 bits per heavy atom. The zero-order chi connectivity index (χ0) is 12.1. The molecule has 1 rings (SSSR count). The maximum Gasteiger partial charge on any atom is 0.255 e. The number of benzene rings is 1. The van der Waals surface area contributed by atoms with Gasteiger partial charge >= 0.3 is 0 Å². The predicted molar refractivity (Wildman–Crippen MR) is 62.0 cm³/mol.